The number of benzene rings is 3. The van der Waals surface area contributed by atoms with Gasteiger partial charge in [0, 0.05) is 47.4 Å². The Bertz CT molecular complexity index is 1970. The highest BCUT2D eigenvalue weighted by Gasteiger charge is 2.37. The number of nitrogens with two attached hydrogens (primary N) is 1. The lowest BCUT2D eigenvalue weighted by atomic mass is 9.68. The normalized spacial score (nSPS) is 24.4. The lowest BCUT2D eigenvalue weighted by Gasteiger charge is -2.39. The largest absolute Gasteiger partial charge is 0.504 e. The number of fused-ring (bicyclic) bond motifs is 4. The zero-order chi connectivity index (χ0) is 37.1. The Balaban J connectivity index is 1.22. The van der Waals surface area contributed by atoms with Gasteiger partial charge in [-0.15, -0.1) is 0 Å². The topological polar surface area (TPSA) is 111 Å². The van der Waals surface area contributed by atoms with Crippen LogP contribution in [-0.4, -0.2) is 53.0 Å². The van der Waals surface area contributed by atoms with Crippen molar-refractivity contribution >= 4 is 16.6 Å². The molecule has 8 nitrogen and oxygen atoms in total. The number of nitrogens with zero attached hydrogens (tertiary/aromatic N) is 1. The Kier molecular flexibility index (Phi) is 10.9. The molecule has 8 rings (SSSR count). The molecule has 1 saturated heterocycles. The van der Waals surface area contributed by atoms with Gasteiger partial charge in [-0.05, 0) is 110 Å². The summed E-state index contributed by atoms with van der Waals surface area (Å²) in [6, 6.07) is 21.0. The van der Waals surface area contributed by atoms with Gasteiger partial charge in [0.25, 0.3) is 0 Å². The monoisotopic (exact) mass is 731 g/mol. The van der Waals surface area contributed by atoms with Gasteiger partial charge in [-0.2, -0.15) is 0 Å². The number of aromatic nitrogens is 1. The standard InChI is InChI=1S/C46H57N3O5/c1-2-45(17-6-7-18-45)19-16-39-27-38(50)13-10-32-11-14-41(51)42(24-32)54-31-35-26-37(46(20-22-52-23-21-46)36-8-4-3-5-9-36)25-34-28-49(29-40(34)35)44-33(30-53-39)12-15-43(47)48-44/h3-5,8-9,11-12,14-15,24-26,28-29,38-39,43,48,50-51H,2,6-7,10,13,16-23,27,30-31,47H2,1H3/t38-,39+,43?/m1/s1. The van der Waals surface area contributed by atoms with Gasteiger partial charge in [-0.25, -0.2) is 0 Å². The average Bonchev–Trinajstić information content (AvgIpc) is 3.87. The van der Waals surface area contributed by atoms with Crippen molar-refractivity contribution in [3.05, 3.63) is 113 Å². The molecule has 0 spiro atoms. The number of aryl methyl sites for hydroxylation is 1. The van der Waals surface area contributed by atoms with E-state index in [2.05, 4.69) is 77.7 Å². The maximum atomic E-state index is 11.4. The van der Waals surface area contributed by atoms with Gasteiger partial charge in [-0.3, -0.25) is 0 Å². The summed E-state index contributed by atoms with van der Waals surface area (Å²) in [7, 11) is 0. The van der Waals surface area contributed by atoms with Crippen LogP contribution in [0.4, 0.5) is 0 Å². The van der Waals surface area contributed by atoms with Gasteiger partial charge in [0.2, 0.25) is 0 Å². The molecule has 2 fully saturated rings. The van der Waals surface area contributed by atoms with E-state index in [1.54, 1.807) is 6.07 Å². The average molecular weight is 732 g/mol. The van der Waals surface area contributed by atoms with Crippen molar-refractivity contribution in [2.75, 3.05) is 19.8 Å². The van der Waals surface area contributed by atoms with E-state index in [9.17, 15) is 10.2 Å². The highest BCUT2D eigenvalue weighted by atomic mass is 16.5. The quantitative estimate of drug-likeness (QED) is 0.158. The maximum absolute atomic E-state index is 11.4. The zero-order valence-electron chi connectivity index (χ0n) is 31.8. The lowest BCUT2D eigenvalue weighted by Crippen LogP contribution is -2.38. The fourth-order valence-corrected chi connectivity index (χ4v) is 9.62. The predicted molar refractivity (Wildman–Crippen MR) is 214 cm³/mol. The molecule has 1 aliphatic carbocycles. The van der Waals surface area contributed by atoms with Crippen LogP contribution in [0.2, 0.25) is 0 Å². The van der Waals surface area contributed by atoms with Crippen molar-refractivity contribution in [3.8, 4) is 11.5 Å². The van der Waals surface area contributed by atoms with Crippen LogP contribution in [0.5, 0.6) is 11.5 Å². The van der Waals surface area contributed by atoms with Crippen LogP contribution in [0.1, 0.15) is 99.8 Å². The lowest BCUT2D eigenvalue weighted by molar-refractivity contribution is 0.0101. The van der Waals surface area contributed by atoms with Gasteiger partial charge >= 0.3 is 0 Å². The van der Waals surface area contributed by atoms with Gasteiger partial charge in [0.1, 0.15) is 12.4 Å². The third kappa shape index (κ3) is 7.72. The van der Waals surface area contributed by atoms with E-state index in [1.165, 1.54) is 43.2 Å². The smallest absolute Gasteiger partial charge is 0.161 e. The van der Waals surface area contributed by atoms with E-state index >= 15 is 0 Å². The van der Waals surface area contributed by atoms with Crippen molar-refractivity contribution in [2.45, 2.75) is 114 Å². The number of hydrogen-bond acceptors (Lipinski definition) is 7. The molecule has 286 valence electrons. The van der Waals surface area contributed by atoms with Crippen LogP contribution in [-0.2, 0) is 27.9 Å². The second-order valence-corrected chi connectivity index (χ2v) is 16.3. The number of phenols is 1. The van der Waals surface area contributed by atoms with E-state index in [1.807, 2.05) is 18.2 Å². The summed E-state index contributed by atoms with van der Waals surface area (Å²) >= 11 is 0. The summed E-state index contributed by atoms with van der Waals surface area (Å²) in [5.41, 5.74) is 12.3. The molecule has 1 aromatic heterocycles. The van der Waals surface area contributed by atoms with E-state index in [0.717, 1.165) is 59.0 Å². The first-order valence-electron chi connectivity index (χ1n) is 20.3. The molecule has 0 amide bonds. The summed E-state index contributed by atoms with van der Waals surface area (Å²) in [6.45, 7) is 4.41. The number of aliphatic hydroxyl groups excluding tert-OH is 1. The number of rotatable bonds is 6. The number of nitrogens with one attached hydrogen (secondary N) is 1. The Morgan fingerprint density at radius 3 is 2.56 bits per heavy atom. The van der Waals surface area contributed by atoms with Crippen molar-refractivity contribution < 1.29 is 24.4 Å². The fraction of sp³-hybridized carbons (Fsp3) is 0.478. The molecule has 1 unspecified atom stereocenters. The summed E-state index contributed by atoms with van der Waals surface area (Å²) < 4.78 is 21.4. The summed E-state index contributed by atoms with van der Waals surface area (Å²) in [6.07, 6.45) is 19.5. The third-order valence-electron chi connectivity index (χ3n) is 13.0. The predicted octanol–water partition coefficient (Wildman–Crippen LogP) is 8.47. The van der Waals surface area contributed by atoms with Crippen molar-refractivity contribution in [1.82, 2.24) is 9.88 Å². The molecule has 54 heavy (non-hydrogen) atoms. The van der Waals surface area contributed by atoms with Crippen molar-refractivity contribution in [2.24, 2.45) is 11.1 Å². The van der Waals surface area contributed by atoms with Gasteiger partial charge in [0.05, 0.1) is 25.0 Å². The van der Waals surface area contributed by atoms with Crippen molar-refractivity contribution in [1.29, 1.82) is 0 Å². The van der Waals surface area contributed by atoms with E-state index in [0.29, 0.717) is 50.2 Å². The van der Waals surface area contributed by atoms with Gasteiger partial charge in [0.15, 0.2) is 11.5 Å². The SMILES string of the molecule is CCC1(CC[C@H]2C[C@H](O)CCc3ccc(O)c(c3)OCc3cc(C4(c5ccccc5)CCOCC4)cc4cn(cc34)C3=C(C=CC(N)N3)CO2)CCCC1. The van der Waals surface area contributed by atoms with Crippen LogP contribution in [0.25, 0.3) is 16.6 Å². The molecule has 4 aromatic rings. The minimum absolute atomic E-state index is 0.0779. The first-order valence-corrected chi connectivity index (χ1v) is 20.3. The molecular weight excluding hydrogens is 675 g/mol. The Morgan fingerprint density at radius 1 is 0.944 bits per heavy atom. The number of aromatic hydroxyl groups is 1. The number of aliphatic hydroxyl groups is 1. The van der Waals surface area contributed by atoms with Gasteiger partial charge in [-0.1, -0.05) is 74.7 Å². The molecule has 1 saturated carbocycles. The first kappa shape index (κ1) is 36.9. The molecule has 5 N–H and O–H groups in total. The first-order chi connectivity index (χ1) is 26.3. The zero-order valence-corrected chi connectivity index (χ0v) is 31.8. The van der Waals surface area contributed by atoms with E-state index in [-0.39, 0.29) is 30.0 Å². The molecule has 3 aromatic carbocycles. The summed E-state index contributed by atoms with van der Waals surface area (Å²) in [4.78, 5) is 0. The molecule has 3 atom stereocenters. The van der Waals surface area contributed by atoms with E-state index in [4.69, 9.17) is 19.9 Å². The maximum Gasteiger partial charge on any atom is 0.161 e. The molecular formula is C46H57N3O5. The minimum atomic E-state index is -0.514. The second kappa shape index (κ2) is 16.0. The Morgan fingerprint density at radius 2 is 1.76 bits per heavy atom. The Hall–Kier alpha value is -4.08. The third-order valence-corrected chi connectivity index (χ3v) is 13.0. The number of hydrogen-bond donors (Lipinski definition) is 4. The molecule has 4 heterocycles. The van der Waals surface area contributed by atoms with Crippen molar-refractivity contribution in [3.63, 3.8) is 0 Å². The summed E-state index contributed by atoms with van der Waals surface area (Å²) in [5, 5.41) is 28.1. The minimum Gasteiger partial charge on any atom is -0.504 e. The number of ether oxygens (including phenoxy) is 3. The van der Waals surface area contributed by atoms with Crippen LogP contribution in [0.15, 0.2) is 90.8 Å². The second-order valence-electron chi connectivity index (χ2n) is 16.3. The highest BCUT2D eigenvalue weighted by molar-refractivity contribution is 5.88. The van der Waals surface area contributed by atoms with E-state index < -0.39 is 6.10 Å². The highest BCUT2D eigenvalue weighted by Crippen LogP contribution is 2.46. The van der Waals surface area contributed by atoms with Gasteiger partial charge < -0.3 is 40.0 Å². The molecule has 0 radical (unpaired) electrons. The molecule has 3 aliphatic heterocycles. The van der Waals surface area contributed by atoms with Crippen LogP contribution in [0, 0.1) is 5.41 Å². The van der Waals surface area contributed by atoms with Crippen LogP contribution >= 0.6 is 0 Å². The fourth-order valence-electron chi connectivity index (χ4n) is 9.62. The molecule has 4 bridgehead atoms. The van der Waals surface area contributed by atoms with Crippen LogP contribution in [0.3, 0.4) is 0 Å². The molecule has 8 heteroatoms. The van der Waals surface area contributed by atoms with Crippen LogP contribution < -0.4 is 15.8 Å². The number of phenolic OH excluding ortho intramolecular Hbond substituents is 1. The number of dihydropyridines is 1. The Labute approximate surface area is 320 Å². The molecule has 4 aliphatic rings. The summed E-state index contributed by atoms with van der Waals surface area (Å²) in [5.74, 6) is 1.45.